The molecule has 2 fully saturated rings. The van der Waals surface area contributed by atoms with Crippen LogP contribution in [-0.2, 0) is 17.7 Å². The average Bonchev–Trinajstić information content (AvgIpc) is 3.35. The van der Waals surface area contributed by atoms with Crippen LogP contribution in [0.4, 0.5) is 11.8 Å². The first-order valence-corrected chi connectivity index (χ1v) is 12.2. The second-order valence-corrected chi connectivity index (χ2v) is 9.42. The van der Waals surface area contributed by atoms with Crippen molar-refractivity contribution in [1.82, 2.24) is 34.4 Å². The van der Waals surface area contributed by atoms with Crippen LogP contribution in [0, 0.1) is 0 Å². The maximum absolute atomic E-state index is 6.37. The van der Waals surface area contributed by atoms with Crippen LogP contribution in [0.2, 0.25) is 0 Å². The van der Waals surface area contributed by atoms with E-state index in [-0.39, 0.29) is 6.10 Å². The number of hydrogen-bond acceptors (Lipinski definition) is 10. The summed E-state index contributed by atoms with van der Waals surface area (Å²) in [6.07, 6.45) is 8.47. The molecule has 0 radical (unpaired) electrons. The summed E-state index contributed by atoms with van der Waals surface area (Å²) < 4.78 is 13.5. The van der Waals surface area contributed by atoms with Gasteiger partial charge < -0.3 is 24.6 Å². The summed E-state index contributed by atoms with van der Waals surface area (Å²) in [7, 11) is 2.14. The zero-order valence-electron chi connectivity index (χ0n) is 19.6. The van der Waals surface area contributed by atoms with Crippen LogP contribution in [-0.4, -0.2) is 86.5 Å². The molecule has 1 N–H and O–H groups in total. The minimum atomic E-state index is 0.0953. The second kappa shape index (κ2) is 9.30. The van der Waals surface area contributed by atoms with Crippen molar-refractivity contribution < 1.29 is 9.47 Å². The SMILES string of the molecule is CN1CCc2nc(NC3CCC(Oc4nc(N5CCOCC5)cc5ncnn45)CC3)ncc2C1. The molecule has 2 aliphatic heterocycles. The number of rotatable bonds is 5. The Morgan fingerprint density at radius 3 is 2.76 bits per heavy atom. The molecule has 6 rings (SSSR count). The Kier molecular flexibility index (Phi) is 5.88. The molecule has 3 aromatic rings. The molecule has 0 atom stereocenters. The zero-order chi connectivity index (χ0) is 22.9. The molecule has 0 spiro atoms. The van der Waals surface area contributed by atoms with Crippen molar-refractivity contribution in [3.63, 3.8) is 0 Å². The van der Waals surface area contributed by atoms with E-state index in [2.05, 4.69) is 37.2 Å². The number of aromatic nitrogens is 6. The van der Waals surface area contributed by atoms with Crippen molar-refractivity contribution in [2.24, 2.45) is 0 Å². The van der Waals surface area contributed by atoms with E-state index >= 15 is 0 Å². The van der Waals surface area contributed by atoms with E-state index in [1.165, 1.54) is 11.3 Å². The summed E-state index contributed by atoms with van der Waals surface area (Å²) in [6.45, 7) is 5.02. The number of nitrogens with one attached hydrogen (secondary N) is 1. The lowest BCUT2D eigenvalue weighted by Gasteiger charge is -2.30. The standard InChI is InChI=1S/C23H31N9O2/c1-30-7-6-19-16(14-30)13-24-22(28-19)27-17-2-4-18(5-3-17)34-23-29-21(31-8-10-33-11-9-31)12-20-25-15-26-32(20)23/h12-13,15,17-18H,2-11,14H2,1H3,(H,24,27,28). The predicted octanol–water partition coefficient (Wildman–Crippen LogP) is 1.54. The zero-order valence-corrected chi connectivity index (χ0v) is 19.6. The molecule has 3 aliphatic rings. The van der Waals surface area contributed by atoms with Gasteiger partial charge in [0.2, 0.25) is 5.95 Å². The van der Waals surface area contributed by atoms with Gasteiger partial charge in [0.1, 0.15) is 18.2 Å². The van der Waals surface area contributed by atoms with E-state index in [0.717, 1.165) is 75.7 Å². The average molecular weight is 466 g/mol. The Balaban J connectivity index is 1.09. The minimum Gasteiger partial charge on any atom is -0.460 e. The number of ether oxygens (including phenoxy) is 2. The molecular weight excluding hydrogens is 434 g/mol. The molecule has 1 saturated carbocycles. The van der Waals surface area contributed by atoms with Crippen LogP contribution in [0.5, 0.6) is 6.01 Å². The fourth-order valence-electron chi connectivity index (χ4n) is 5.00. The Morgan fingerprint density at radius 1 is 1.06 bits per heavy atom. The van der Waals surface area contributed by atoms with Crippen LogP contribution in [0.15, 0.2) is 18.6 Å². The normalized spacial score (nSPS) is 23.6. The highest BCUT2D eigenvalue weighted by molar-refractivity contribution is 5.52. The number of fused-ring (bicyclic) bond motifs is 2. The number of morpholine rings is 1. The molecule has 0 amide bonds. The van der Waals surface area contributed by atoms with Crippen molar-refractivity contribution in [1.29, 1.82) is 0 Å². The highest BCUT2D eigenvalue weighted by Gasteiger charge is 2.26. The Morgan fingerprint density at radius 2 is 1.91 bits per heavy atom. The summed E-state index contributed by atoms with van der Waals surface area (Å²) in [6, 6.07) is 2.82. The molecule has 1 aliphatic carbocycles. The van der Waals surface area contributed by atoms with Crippen molar-refractivity contribution in [2.45, 2.75) is 50.8 Å². The first-order valence-electron chi connectivity index (χ1n) is 12.2. The molecule has 11 heteroatoms. The lowest BCUT2D eigenvalue weighted by molar-refractivity contribution is 0.121. The van der Waals surface area contributed by atoms with Crippen LogP contribution >= 0.6 is 0 Å². The first-order chi connectivity index (χ1) is 16.7. The number of nitrogens with zero attached hydrogens (tertiary/aromatic N) is 8. The molecule has 3 aromatic heterocycles. The van der Waals surface area contributed by atoms with Gasteiger partial charge >= 0.3 is 6.01 Å². The van der Waals surface area contributed by atoms with Crippen molar-refractivity contribution >= 4 is 17.4 Å². The largest absolute Gasteiger partial charge is 0.460 e. The van der Waals surface area contributed by atoms with E-state index in [1.807, 2.05) is 12.3 Å². The highest BCUT2D eigenvalue weighted by atomic mass is 16.5. The lowest BCUT2D eigenvalue weighted by atomic mass is 9.93. The van der Waals surface area contributed by atoms with E-state index in [9.17, 15) is 0 Å². The van der Waals surface area contributed by atoms with Gasteiger partial charge in [0, 0.05) is 56.5 Å². The van der Waals surface area contributed by atoms with Gasteiger partial charge in [-0.15, -0.1) is 0 Å². The monoisotopic (exact) mass is 465 g/mol. The summed E-state index contributed by atoms with van der Waals surface area (Å²) in [5.74, 6) is 1.61. The topological polar surface area (TPSA) is 106 Å². The van der Waals surface area contributed by atoms with Crippen LogP contribution in [0.1, 0.15) is 36.9 Å². The summed E-state index contributed by atoms with van der Waals surface area (Å²) >= 11 is 0. The second-order valence-electron chi connectivity index (χ2n) is 9.42. The molecule has 0 aromatic carbocycles. The number of likely N-dealkylation sites (N-methyl/N-ethyl adjacent to an activating group) is 1. The summed E-state index contributed by atoms with van der Waals surface area (Å²) in [5.41, 5.74) is 3.16. The molecule has 34 heavy (non-hydrogen) atoms. The minimum absolute atomic E-state index is 0.0953. The fraction of sp³-hybridized carbons (Fsp3) is 0.609. The highest BCUT2D eigenvalue weighted by Crippen LogP contribution is 2.27. The Labute approximate surface area is 198 Å². The third-order valence-corrected chi connectivity index (χ3v) is 6.96. The van der Waals surface area contributed by atoms with Crippen LogP contribution < -0.4 is 15.0 Å². The van der Waals surface area contributed by atoms with Gasteiger partial charge in [0.05, 0.1) is 18.9 Å². The van der Waals surface area contributed by atoms with E-state index in [4.69, 9.17) is 19.4 Å². The third kappa shape index (κ3) is 4.49. The van der Waals surface area contributed by atoms with Gasteiger partial charge in [0.25, 0.3) is 0 Å². The van der Waals surface area contributed by atoms with E-state index in [0.29, 0.717) is 25.3 Å². The van der Waals surface area contributed by atoms with E-state index in [1.54, 1.807) is 10.8 Å². The van der Waals surface area contributed by atoms with E-state index < -0.39 is 0 Å². The molecule has 11 nitrogen and oxygen atoms in total. The maximum Gasteiger partial charge on any atom is 0.321 e. The predicted molar refractivity (Wildman–Crippen MR) is 126 cm³/mol. The third-order valence-electron chi connectivity index (χ3n) is 6.96. The Bertz CT molecular complexity index is 1140. The van der Waals surface area contributed by atoms with Crippen molar-refractivity contribution in [3.8, 4) is 6.01 Å². The summed E-state index contributed by atoms with van der Waals surface area (Å²) in [4.78, 5) is 23.0. The van der Waals surface area contributed by atoms with Gasteiger partial charge in [-0.2, -0.15) is 14.6 Å². The van der Waals surface area contributed by atoms with Gasteiger partial charge in [-0.05, 0) is 32.7 Å². The summed E-state index contributed by atoms with van der Waals surface area (Å²) in [5, 5.41) is 7.88. The quantitative estimate of drug-likeness (QED) is 0.596. The molecular formula is C23H31N9O2. The van der Waals surface area contributed by atoms with Gasteiger partial charge in [-0.25, -0.2) is 15.0 Å². The smallest absolute Gasteiger partial charge is 0.321 e. The fourth-order valence-corrected chi connectivity index (χ4v) is 5.00. The van der Waals surface area contributed by atoms with Crippen LogP contribution in [0.3, 0.4) is 0 Å². The molecule has 1 saturated heterocycles. The van der Waals surface area contributed by atoms with Crippen molar-refractivity contribution in [2.75, 3.05) is 50.1 Å². The van der Waals surface area contributed by atoms with Gasteiger partial charge in [-0.3, -0.25) is 0 Å². The lowest BCUT2D eigenvalue weighted by Crippen LogP contribution is -2.37. The van der Waals surface area contributed by atoms with Gasteiger partial charge in [-0.1, -0.05) is 0 Å². The number of hydrogen-bond donors (Lipinski definition) is 1. The molecule has 5 heterocycles. The molecule has 0 unspecified atom stereocenters. The van der Waals surface area contributed by atoms with Gasteiger partial charge in [0.15, 0.2) is 5.65 Å². The first kappa shape index (κ1) is 21.5. The van der Waals surface area contributed by atoms with Crippen LogP contribution in [0.25, 0.3) is 5.65 Å². The maximum atomic E-state index is 6.37. The number of anilines is 2. The molecule has 180 valence electrons. The van der Waals surface area contributed by atoms with Crippen molar-refractivity contribution in [3.05, 3.63) is 29.8 Å². The molecule has 0 bridgehead atoms. The Hall–Kier alpha value is -3.05.